The molecule has 24 heavy (non-hydrogen) atoms. The second-order valence-corrected chi connectivity index (χ2v) is 10.5. The number of hydrogen-bond acceptors (Lipinski definition) is 3. The van der Waals surface area contributed by atoms with Gasteiger partial charge in [0.05, 0.1) is 0 Å². The van der Waals surface area contributed by atoms with Gasteiger partial charge in [-0.1, -0.05) is 0 Å². The Bertz CT molecular complexity index is 811. The lowest BCUT2D eigenvalue weighted by atomic mass is 10.0. The van der Waals surface area contributed by atoms with Gasteiger partial charge in [0, 0.05) is 60.0 Å². The molecule has 2 aromatic rings. The lowest BCUT2D eigenvalue weighted by molar-refractivity contribution is 0.103. The maximum Gasteiger partial charge on any atom is 0.195 e. The number of nitrogens with zero attached hydrogens (tertiary/aromatic N) is 2. The van der Waals surface area contributed by atoms with E-state index in [1.54, 1.807) is 0 Å². The average molecular weight is 343 g/mol. The summed E-state index contributed by atoms with van der Waals surface area (Å²) in [4.78, 5) is 19.7. The molecule has 0 aromatic heterocycles. The summed E-state index contributed by atoms with van der Waals surface area (Å²) in [5, 5.41) is 0. The standard InChI is InChI=1S/C20H26N2OS/c1-7-22(4)15-9-11-17-19(13-15)24(5,6)18-12-14(21(2)3)8-10-16(18)20(17)23/h8-13H,7H2,1-6H3. The molecular weight excluding hydrogens is 316 g/mol. The Kier molecular flexibility index (Phi) is 4.12. The van der Waals surface area contributed by atoms with Gasteiger partial charge in [0.1, 0.15) is 0 Å². The van der Waals surface area contributed by atoms with Crippen molar-refractivity contribution in [3.8, 4) is 0 Å². The molecule has 0 amide bonds. The third-order valence-electron chi connectivity index (χ3n) is 4.95. The average Bonchev–Trinajstić information content (AvgIpc) is 2.58. The third-order valence-corrected chi connectivity index (χ3v) is 7.83. The molecule has 0 atom stereocenters. The summed E-state index contributed by atoms with van der Waals surface area (Å²) in [6, 6.07) is 12.5. The Morgan fingerprint density at radius 3 is 1.88 bits per heavy atom. The number of rotatable bonds is 3. The lowest BCUT2D eigenvalue weighted by Gasteiger charge is -2.40. The number of carbonyl (C=O) groups is 1. The maximum absolute atomic E-state index is 13.0. The first-order valence-electron chi connectivity index (χ1n) is 8.22. The van der Waals surface area contributed by atoms with Crippen molar-refractivity contribution < 1.29 is 4.79 Å². The van der Waals surface area contributed by atoms with E-state index in [4.69, 9.17) is 0 Å². The van der Waals surface area contributed by atoms with E-state index in [1.165, 1.54) is 15.5 Å². The van der Waals surface area contributed by atoms with Crippen LogP contribution in [0.4, 0.5) is 11.4 Å². The van der Waals surface area contributed by atoms with Crippen LogP contribution in [0, 0.1) is 0 Å². The number of carbonyl (C=O) groups excluding carboxylic acids is 1. The van der Waals surface area contributed by atoms with Crippen LogP contribution in [-0.2, 0) is 0 Å². The van der Waals surface area contributed by atoms with Crippen LogP contribution in [-0.4, -0.2) is 46.0 Å². The Balaban J connectivity index is 2.22. The van der Waals surface area contributed by atoms with Crippen LogP contribution in [0.1, 0.15) is 22.8 Å². The molecule has 0 saturated heterocycles. The van der Waals surface area contributed by atoms with Gasteiger partial charge in [-0.05, 0) is 55.8 Å². The normalized spacial score (nSPS) is 16.2. The van der Waals surface area contributed by atoms with Crippen molar-refractivity contribution in [2.24, 2.45) is 0 Å². The van der Waals surface area contributed by atoms with Gasteiger partial charge in [-0.15, -0.1) is 0 Å². The Hall–Kier alpha value is -1.94. The Morgan fingerprint density at radius 2 is 1.38 bits per heavy atom. The molecule has 0 fully saturated rings. The minimum absolute atomic E-state index is 0.155. The summed E-state index contributed by atoms with van der Waals surface area (Å²) >= 11 is 0. The van der Waals surface area contributed by atoms with Crippen molar-refractivity contribution in [3.05, 3.63) is 47.5 Å². The van der Waals surface area contributed by atoms with Crippen LogP contribution in [0.5, 0.6) is 0 Å². The SMILES string of the molecule is CCN(C)c1ccc2c(c1)S(C)(C)c1cc(N(C)C)ccc1C2=O. The maximum atomic E-state index is 13.0. The molecule has 0 bridgehead atoms. The number of anilines is 2. The van der Waals surface area contributed by atoms with Gasteiger partial charge in [-0.2, -0.15) is 10.0 Å². The molecule has 3 rings (SSSR count). The van der Waals surface area contributed by atoms with Crippen LogP contribution in [0.2, 0.25) is 0 Å². The highest BCUT2D eigenvalue weighted by Crippen LogP contribution is 2.62. The summed E-state index contributed by atoms with van der Waals surface area (Å²) in [5.74, 6) is 0.155. The van der Waals surface area contributed by atoms with Gasteiger partial charge in [0.25, 0.3) is 0 Å². The van der Waals surface area contributed by atoms with Gasteiger partial charge in [-0.3, -0.25) is 4.79 Å². The number of fused-ring (bicyclic) bond motifs is 2. The minimum Gasteiger partial charge on any atom is -0.378 e. The topological polar surface area (TPSA) is 23.6 Å². The predicted octanol–water partition coefficient (Wildman–Crippen LogP) is 4.24. The van der Waals surface area contributed by atoms with E-state index < -0.39 is 10.0 Å². The molecule has 0 aliphatic carbocycles. The molecule has 0 unspecified atom stereocenters. The first kappa shape index (κ1) is 16.9. The zero-order chi connectivity index (χ0) is 17.6. The molecule has 128 valence electrons. The van der Waals surface area contributed by atoms with Crippen LogP contribution >= 0.6 is 10.0 Å². The number of hydrogen-bond donors (Lipinski definition) is 0. The van der Waals surface area contributed by atoms with Crippen LogP contribution in [0.25, 0.3) is 0 Å². The second-order valence-electron chi connectivity index (χ2n) is 6.93. The highest BCUT2D eigenvalue weighted by Gasteiger charge is 2.34. The fourth-order valence-corrected chi connectivity index (χ4v) is 5.69. The van der Waals surface area contributed by atoms with E-state index in [2.05, 4.69) is 54.5 Å². The molecule has 2 aromatic carbocycles. The molecule has 0 N–H and O–H groups in total. The zero-order valence-corrected chi connectivity index (χ0v) is 16.2. The van der Waals surface area contributed by atoms with Crippen molar-refractivity contribution in [1.29, 1.82) is 0 Å². The van der Waals surface area contributed by atoms with E-state index in [9.17, 15) is 4.79 Å². The smallest absolute Gasteiger partial charge is 0.195 e. The quantitative estimate of drug-likeness (QED) is 0.834. The zero-order valence-electron chi connectivity index (χ0n) is 15.4. The van der Waals surface area contributed by atoms with E-state index in [0.29, 0.717) is 0 Å². The number of ketones is 1. The molecule has 0 radical (unpaired) electrons. The van der Waals surface area contributed by atoms with Crippen LogP contribution in [0.15, 0.2) is 46.2 Å². The first-order chi connectivity index (χ1) is 11.3. The van der Waals surface area contributed by atoms with E-state index in [1.807, 2.05) is 32.3 Å². The van der Waals surface area contributed by atoms with Crippen molar-refractivity contribution >= 4 is 27.2 Å². The van der Waals surface area contributed by atoms with Crippen molar-refractivity contribution in [1.82, 2.24) is 0 Å². The highest BCUT2D eigenvalue weighted by molar-refractivity contribution is 8.32. The Labute approximate surface area is 146 Å². The second kappa shape index (κ2) is 5.85. The van der Waals surface area contributed by atoms with E-state index in [0.717, 1.165) is 23.4 Å². The van der Waals surface area contributed by atoms with Crippen LogP contribution in [0.3, 0.4) is 0 Å². The summed E-state index contributed by atoms with van der Waals surface area (Å²) < 4.78 is 0. The molecule has 0 spiro atoms. The van der Waals surface area contributed by atoms with Crippen molar-refractivity contribution in [2.75, 3.05) is 50.0 Å². The fourth-order valence-electron chi connectivity index (χ4n) is 3.20. The first-order valence-corrected chi connectivity index (χ1v) is 10.7. The monoisotopic (exact) mass is 342 g/mol. The highest BCUT2D eigenvalue weighted by atomic mass is 32.3. The fraction of sp³-hybridized carbons (Fsp3) is 0.350. The minimum atomic E-state index is -1.23. The third kappa shape index (κ3) is 2.49. The van der Waals surface area contributed by atoms with Gasteiger partial charge in [0.15, 0.2) is 5.78 Å². The molecule has 1 aliphatic rings. The van der Waals surface area contributed by atoms with E-state index >= 15 is 0 Å². The van der Waals surface area contributed by atoms with Crippen molar-refractivity contribution in [2.45, 2.75) is 16.7 Å². The largest absolute Gasteiger partial charge is 0.378 e. The van der Waals surface area contributed by atoms with Gasteiger partial charge in [0.2, 0.25) is 0 Å². The summed E-state index contributed by atoms with van der Waals surface area (Å²) in [7, 11) is 4.94. The molecule has 1 heterocycles. The molecule has 1 aliphatic heterocycles. The van der Waals surface area contributed by atoms with Gasteiger partial charge in [-0.25, -0.2) is 0 Å². The lowest BCUT2D eigenvalue weighted by Crippen LogP contribution is -2.21. The molecule has 0 saturated carbocycles. The summed E-state index contributed by atoms with van der Waals surface area (Å²) in [6.45, 7) is 3.09. The van der Waals surface area contributed by atoms with Crippen LogP contribution < -0.4 is 9.80 Å². The van der Waals surface area contributed by atoms with E-state index in [-0.39, 0.29) is 5.78 Å². The predicted molar refractivity (Wildman–Crippen MR) is 106 cm³/mol. The molecular formula is C20H26N2OS. The number of benzene rings is 2. The summed E-state index contributed by atoms with van der Waals surface area (Å²) in [6.07, 6.45) is 4.60. The molecule has 3 nitrogen and oxygen atoms in total. The Morgan fingerprint density at radius 1 is 0.875 bits per heavy atom. The summed E-state index contributed by atoms with van der Waals surface area (Å²) in [5.41, 5.74) is 4.06. The van der Waals surface area contributed by atoms with Gasteiger partial charge < -0.3 is 9.80 Å². The van der Waals surface area contributed by atoms with Gasteiger partial charge >= 0.3 is 0 Å². The molecule has 4 heteroatoms. The van der Waals surface area contributed by atoms with Crippen molar-refractivity contribution in [3.63, 3.8) is 0 Å².